The lowest BCUT2D eigenvalue weighted by molar-refractivity contribution is 0.874. The quantitative estimate of drug-likeness (QED) is 0.776. The molecule has 0 radical (unpaired) electrons. The number of hydrogen-bond donors (Lipinski definition) is 1. The van der Waals surface area contributed by atoms with Crippen LogP contribution < -0.4 is 5.73 Å². The van der Waals surface area contributed by atoms with Gasteiger partial charge in [-0.25, -0.2) is 9.67 Å². The van der Waals surface area contributed by atoms with Gasteiger partial charge in [0.05, 0.1) is 11.4 Å². The standard InChI is InChI=1S/C16H18N4/c1-10-4-11(2)6-14(5-10)20-16-15(12(3)19-20)7-13(8-17)9-18-16/h4-7,9H,8,17H2,1-3H3. The Hall–Kier alpha value is -2.20. The molecular formula is C16H18N4. The molecule has 0 saturated heterocycles. The summed E-state index contributed by atoms with van der Waals surface area (Å²) in [5.41, 5.74) is 12.1. The second kappa shape index (κ2) is 4.72. The van der Waals surface area contributed by atoms with Gasteiger partial charge in [-0.3, -0.25) is 0 Å². The molecule has 0 unspecified atom stereocenters. The summed E-state index contributed by atoms with van der Waals surface area (Å²) in [5.74, 6) is 0. The zero-order chi connectivity index (χ0) is 14.3. The highest BCUT2D eigenvalue weighted by molar-refractivity contribution is 5.80. The molecule has 4 nitrogen and oxygen atoms in total. The monoisotopic (exact) mass is 266 g/mol. The van der Waals surface area contributed by atoms with Gasteiger partial charge < -0.3 is 5.73 Å². The molecule has 0 fully saturated rings. The minimum absolute atomic E-state index is 0.497. The minimum atomic E-state index is 0.497. The first-order valence-electron chi connectivity index (χ1n) is 6.71. The SMILES string of the molecule is Cc1cc(C)cc(-n2nc(C)c3cc(CN)cnc32)c1. The van der Waals surface area contributed by atoms with Crippen molar-refractivity contribution in [3.05, 3.63) is 52.8 Å². The minimum Gasteiger partial charge on any atom is -0.326 e. The van der Waals surface area contributed by atoms with Crippen LogP contribution in [0, 0.1) is 20.8 Å². The summed E-state index contributed by atoms with van der Waals surface area (Å²) in [7, 11) is 0. The van der Waals surface area contributed by atoms with Crippen molar-refractivity contribution in [3.63, 3.8) is 0 Å². The molecule has 0 aliphatic rings. The zero-order valence-corrected chi connectivity index (χ0v) is 12.0. The summed E-state index contributed by atoms with van der Waals surface area (Å²) in [4.78, 5) is 4.53. The van der Waals surface area contributed by atoms with Gasteiger partial charge in [-0.05, 0) is 55.7 Å². The predicted molar refractivity (Wildman–Crippen MR) is 81.0 cm³/mol. The largest absolute Gasteiger partial charge is 0.326 e. The van der Waals surface area contributed by atoms with E-state index in [1.54, 1.807) is 0 Å². The molecule has 0 aliphatic carbocycles. The van der Waals surface area contributed by atoms with Crippen LogP contribution in [0.25, 0.3) is 16.7 Å². The maximum absolute atomic E-state index is 5.68. The maximum Gasteiger partial charge on any atom is 0.163 e. The number of fused-ring (bicyclic) bond motifs is 1. The van der Waals surface area contributed by atoms with Gasteiger partial charge >= 0.3 is 0 Å². The molecule has 2 heterocycles. The first kappa shape index (κ1) is 12.8. The topological polar surface area (TPSA) is 56.7 Å². The number of aryl methyl sites for hydroxylation is 3. The van der Waals surface area contributed by atoms with Crippen LogP contribution in [0.5, 0.6) is 0 Å². The summed E-state index contributed by atoms with van der Waals surface area (Å²) in [6.07, 6.45) is 1.82. The first-order chi connectivity index (χ1) is 9.58. The van der Waals surface area contributed by atoms with Crippen molar-refractivity contribution < 1.29 is 0 Å². The number of rotatable bonds is 2. The molecule has 4 heteroatoms. The molecule has 0 amide bonds. The van der Waals surface area contributed by atoms with E-state index in [9.17, 15) is 0 Å². The third kappa shape index (κ3) is 2.08. The Morgan fingerprint density at radius 1 is 1.05 bits per heavy atom. The number of hydrogen-bond acceptors (Lipinski definition) is 3. The van der Waals surface area contributed by atoms with Crippen LogP contribution in [0.3, 0.4) is 0 Å². The van der Waals surface area contributed by atoms with Gasteiger partial charge in [-0.2, -0.15) is 5.10 Å². The summed E-state index contributed by atoms with van der Waals surface area (Å²) in [6, 6.07) is 8.47. The van der Waals surface area contributed by atoms with E-state index < -0.39 is 0 Å². The van der Waals surface area contributed by atoms with Crippen molar-refractivity contribution in [1.82, 2.24) is 14.8 Å². The van der Waals surface area contributed by atoms with Crippen LogP contribution >= 0.6 is 0 Å². The second-order valence-corrected chi connectivity index (χ2v) is 5.26. The van der Waals surface area contributed by atoms with Crippen LogP contribution in [0.15, 0.2) is 30.5 Å². The Morgan fingerprint density at radius 3 is 2.40 bits per heavy atom. The highest BCUT2D eigenvalue weighted by Gasteiger charge is 2.11. The molecule has 0 saturated carbocycles. The Labute approximate surface area is 118 Å². The van der Waals surface area contributed by atoms with Gasteiger partial charge in [0.15, 0.2) is 5.65 Å². The normalized spacial score (nSPS) is 11.2. The van der Waals surface area contributed by atoms with Gasteiger partial charge in [0.25, 0.3) is 0 Å². The molecule has 3 rings (SSSR count). The van der Waals surface area contributed by atoms with E-state index in [1.807, 2.05) is 17.8 Å². The van der Waals surface area contributed by atoms with E-state index in [-0.39, 0.29) is 0 Å². The Bertz CT molecular complexity index is 766. The summed E-state index contributed by atoms with van der Waals surface area (Å²) < 4.78 is 1.91. The molecule has 0 atom stereocenters. The van der Waals surface area contributed by atoms with Crippen molar-refractivity contribution in [1.29, 1.82) is 0 Å². The van der Waals surface area contributed by atoms with Crippen molar-refractivity contribution >= 4 is 11.0 Å². The molecule has 2 aromatic heterocycles. The number of aromatic nitrogens is 3. The summed E-state index contributed by atoms with van der Waals surface area (Å²) in [5, 5.41) is 5.69. The summed E-state index contributed by atoms with van der Waals surface area (Å²) in [6.45, 7) is 6.69. The van der Waals surface area contributed by atoms with Gasteiger partial charge in [0, 0.05) is 18.1 Å². The molecule has 0 spiro atoms. The fourth-order valence-electron chi connectivity index (χ4n) is 2.55. The van der Waals surface area contributed by atoms with Crippen molar-refractivity contribution in [2.45, 2.75) is 27.3 Å². The maximum atomic E-state index is 5.68. The molecule has 102 valence electrons. The fraction of sp³-hybridized carbons (Fsp3) is 0.250. The zero-order valence-electron chi connectivity index (χ0n) is 12.0. The Kier molecular flexibility index (Phi) is 3.03. The van der Waals surface area contributed by atoms with E-state index in [1.165, 1.54) is 11.1 Å². The molecule has 0 aliphatic heterocycles. The van der Waals surface area contributed by atoms with Gasteiger partial charge in [-0.15, -0.1) is 0 Å². The second-order valence-electron chi connectivity index (χ2n) is 5.26. The van der Waals surface area contributed by atoms with Crippen molar-refractivity contribution in [3.8, 4) is 5.69 Å². The number of nitrogens with zero attached hydrogens (tertiary/aromatic N) is 3. The van der Waals surface area contributed by atoms with Crippen molar-refractivity contribution in [2.24, 2.45) is 5.73 Å². The molecular weight excluding hydrogens is 248 g/mol. The highest BCUT2D eigenvalue weighted by atomic mass is 15.3. The van der Waals surface area contributed by atoms with Crippen LogP contribution in [0.4, 0.5) is 0 Å². The Balaban J connectivity index is 2.26. The number of nitrogens with two attached hydrogens (primary N) is 1. The predicted octanol–water partition coefficient (Wildman–Crippen LogP) is 2.80. The van der Waals surface area contributed by atoms with Crippen LogP contribution in [0.1, 0.15) is 22.4 Å². The number of benzene rings is 1. The van der Waals surface area contributed by atoms with Gasteiger partial charge in [0.2, 0.25) is 0 Å². The van der Waals surface area contributed by atoms with E-state index in [0.29, 0.717) is 6.54 Å². The van der Waals surface area contributed by atoms with Crippen LogP contribution in [0.2, 0.25) is 0 Å². The summed E-state index contributed by atoms with van der Waals surface area (Å²) >= 11 is 0. The van der Waals surface area contributed by atoms with E-state index >= 15 is 0 Å². The third-order valence-corrected chi connectivity index (χ3v) is 3.45. The molecule has 0 bridgehead atoms. The van der Waals surface area contributed by atoms with E-state index in [4.69, 9.17) is 5.73 Å². The van der Waals surface area contributed by atoms with E-state index in [0.717, 1.165) is 28.0 Å². The smallest absolute Gasteiger partial charge is 0.163 e. The van der Waals surface area contributed by atoms with Gasteiger partial charge in [-0.1, -0.05) is 6.07 Å². The lowest BCUT2D eigenvalue weighted by Gasteiger charge is -2.06. The third-order valence-electron chi connectivity index (χ3n) is 3.45. The Morgan fingerprint density at radius 2 is 1.75 bits per heavy atom. The molecule has 2 N–H and O–H groups in total. The fourth-order valence-corrected chi connectivity index (χ4v) is 2.55. The number of pyridine rings is 1. The van der Waals surface area contributed by atoms with E-state index in [2.05, 4.69) is 48.2 Å². The molecule has 3 aromatic rings. The first-order valence-corrected chi connectivity index (χ1v) is 6.71. The highest BCUT2D eigenvalue weighted by Crippen LogP contribution is 2.22. The lowest BCUT2D eigenvalue weighted by Crippen LogP contribution is -2.00. The van der Waals surface area contributed by atoms with Gasteiger partial charge in [0.1, 0.15) is 0 Å². The molecule has 1 aromatic carbocycles. The van der Waals surface area contributed by atoms with Crippen LogP contribution in [-0.2, 0) is 6.54 Å². The van der Waals surface area contributed by atoms with Crippen molar-refractivity contribution in [2.75, 3.05) is 0 Å². The average molecular weight is 266 g/mol. The van der Waals surface area contributed by atoms with Crippen LogP contribution in [-0.4, -0.2) is 14.8 Å². The lowest BCUT2D eigenvalue weighted by atomic mass is 10.1. The average Bonchev–Trinajstić information content (AvgIpc) is 2.74. The molecule has 20 heavy (non-hydrogen) atoms.